The van der Waals surface area contributed by atoms with E-state index < -0.39 is 10.0 Å². The Morgan fingerprint density at radius 3 is 2.28 bits per heavy atom. The van der Waals surface area contributed by atoms with Crippen molar-refractivity contribution in [2.45, 2.75) is 32.1 Å². The molecular formula is C13H17NO3S. The number of rotatable bonds is 4. The number of sulfonamides is 1. The number of hydrogen-bond donors (Lipinski definition) is 1. The summed E-state index contributed by atoms with van der Waals surface area (Å²) >= 11 is 0. The predicted octanol–water partition coefficient (Wildman–Crippen LogP) is 1.74. The minimum absolute atomic E-state index is 0.170. The van der Waals surface area contributed by atoms with Gasteiger partial charge in [0.1, 0.15) is 5.75 Å². The standard InChI is InChI=1S/C13H17NO3S/c1-4-5-6-7-17-12-8-10(2)13(11(3)9-12)18(14,15)16/h8-9H,6-7H2,1-3H3,(H2,14,15,16). The van der Waals surface area contributed by atoms with Gasteiger partial charge in [0, 0.05) is 6.42 Å². The molecule has 0 unspecified atom stereocenters. The largest absolute Gasteiger partial charge is 0.493 e. The zero-order valence-electron chi connectivity index (χ0n) is 10.8. The highest BCUT2D eigenvalue weighted by molar-refractivity contribution is 7.89. The monoisotopic (exact) mass is 267 g/mol. The molecule has 0 aliphatic rings. The number of hydrogen-bond acceptors (Lipinski definition) is 3. The number of primary sulfonamides is 1. The molecule has 1 aromatic carbocycles. The van der Waals surface area contributed by atoms with Crippen LogP contribution in [0.3, 0.4) is 0 Å². The lowest BCUT2D eigenvalue weighted by atomic mass is 10.1. The summed E-state index contributed by atoms with van der Waals surface area (Å²) in [5.74, 6) is 6.31. The van der Waals surface area contributed by atoms with E-state index in [0.29, 0.717) is 29.9 Å². The summed E-state index contributed by atoms with van der Waals surface area (Å²) in [7, 11) is -3.69. The molecule has 0 heterocycles. The quantitative estimate of drug-likeness (QED) is 0.667. The third kappa shape index (κ3) is 3.76. The molecule has 0 aliphatic carbocycles. The SMILES string of the molecule is CC#CCCOc1cc(C)c(S(N)(=O)=O)c(C)c1. The van der Waals surface area contributed by atoms with Gasteiger partial charge in [-0.2, -0.15) is 0 Å². The van der Waals surface area contributed by atoms with Crippen LogP contribution in [0.4, 0.5) is 0 Å². The molecule has 2 N–H and O–H groups in total. The smallest absolute Gasteiger partial charge is 0.238 e. The Labute approximate surface area is 108 Å². The maximum absolute atomic E-state index is 11.4. The van der Waals surface area contributed by atoms with Gasteiger partial charge in [-0.25, -0.2) is 13.6 Å². The van der Waals surface area contributed by atoms with Crippen molar-refractivity contribution in [2.75, 3.05) is 6.61 Å². The topological polar surface area (TPSA) is 69.4 Å². The Morgan fingerprint density at radius 2 is 1.83 bits per heavy atom. The van der Waals surface area contributed by atoms with Crippen LogP contribution in [0.2, 0.25) is 0 Å². The Bertz CT molecular complexity index is 571. The molecule has 0 aromatic heterocycles. The molecule has 1 rings (SSSR count). The fourth-order valence-electron chi connectivity index (χ4n) is 1.79. The average Bonchev–Trinajstić information content (AvgIpc) is 2.21. The molecule has 5 heteroatoms. The van der Waals surface area contributed by atoms with E-state index in [1.165, 1.54) is 0 Å². The number of aryl methyl sites for hydroxylation is 2. The van der Waals surface area contributed by atoms with Gasteiger partial charge in [-0.1, -0.05) is 0 Å². The molecule has 0 aliphatic heterocycles. The van der Waals surface area contributed by atoms with Crippen molar-refractivity contribution in [3.63, 3.8) is 0 Å². The molecule has 1 aromatic rings. The van der Waals surface area contributed by atoms with Crippen molar-refractivity contribution in [2.24, 2.45) is 5.14 Å². The van der Waals surface area contributed by atoms with Crippen molar-refractivity contribution in [1.29, 1.82) is 0 Å². The van der Waals surface area contributed by atoms with Gasteiger partial charge in [-0.15, -0.1) is 11.8 Å². The maximum atomic E-state index is 11.4. The fourth-order valence-corrected chi connectivity index (χ4v) is 2.80. The van der Waals surface area contributed by atoms with Gasteiger partial charge in [-0.05, 0) is 44.0 Å². The van der Waals surface area contributed by atoms with Gasteiger partial charge < -0.3 is 4.74 Å². The Hall–Kier alpha value is -1.51. The molecule has 98 valence electrons. The normalized spacial score (nSPS) is 10.7. The fraction of sp³-hybridized carbons (Fsp3) is 0.385. The summed E-state index contributed by atoms with van der Waals surface area (Å²) in [5.41, 5.74) is 1.18. The van der Waals surface area contributed by atoms with E-state index in [1.807, 2.05) is 0 Å². The predicted molar refractivity (Wildman–Crippen MR) is 70.9 cm³/mol. The van der Waals surface area contributed by atoms with Crippen LogP contribution in [-0.4, -0.2) is 15.0 Å². The second kappa shape index (κ2) is 5.89. The van der Waals surface area contributed by atoms with Crippen LogP contribution in [0, 0.1) is 25.7 Å². The molecule has 0 radical (unpaired) electrons. The van der Waals surface area contributed by atoms with Crippen molar-refractivity contribution >= 4 is 10.0 Å². The first-order valence-corrected chi connectivity index (χ1v) is 7.07. The zero-order valence-corrected chi connectivity index (χ0v) is 11.6. The first kappa shape index (κ1) is 14.6. The third-order valence-electron chi connectivity index (χ3n) is 2.39. The lowest BCUT2D eigenvalue weighted by Crippen LogP contribution is -2.15. The molecule has 0 saturated heterocycles. The van der Waals surface area contributed by atoms with Gasteiger partial charge in [0.2, 0.25) is 10.0 Å². The van der Waals surface area contributed by atoms with Gasteiger partial charge in [0.15, 0.2) is 0 Å². The minimum Gasteiger partial charge on any atom is -0.493 e. The van der Waals surface area contributed by atoms with Crippen LogP contribution in [0.25, 0.3) is 0 Å². The Balaban J connectivity index is 2.96. The van der Waals surface area contributed by atoms with Gasteiger partial charge in [0.05, 0.1) is 11.5 Å². The van der Waals surface area contributed by atoms with E-state index >= 15 is 0 Å². The van der Waals surface area contributed by atoms with Crippen LogP contribution >= 0.6 is 0 Å². The summed E-state index contributed by atoms with van der Waals surface area (Å²) in [5, 5.41) is 5.16. The summed E-state index contributed by atoms with van der Waals surface area (Å²) in [6.45, 7) is 5.65. The molecule has 0 bridgehead atoms. The molecule has 4 nitrogen and oxygen atoms in total. The first-order valence-electron chi connectivity index (χ1n) is 5.52. The second-order valence-electron chi connectivity index (χ2n) is 3.96. The molecule has 0 saturated carbocycles. The highest BCUT2D eigenvalue weighted by Crippen LogP contribution is 2.24. The minimum atomic E-state index is -3.69. The molecular weight excluding hydrogens is 250 g/mol. The zero-order chi connectivity index (χ0) is 13.8. The van der Waals surface area contributed by atoms with E-state index in [-0.39, 0.29) is 4.90 Å². The van der Waals surface area contributed by atoms with Gasteiger partial charge in [-0.3, -0.25) is 0 Å². The Morgan fingerprint density at radius 1 is 1.28 bits per heavy atom. The summed E-state index contributed by atoms with van der Waals surface area (Å²) in [6, 6.07) is 3.35. The summed E-state index contributed by atoms with van der Waals surface area (Å²) in [4.78, 5) is 0.170. The van der Waals surface area contributed by atoms with E-state index in [1.54, 1.807) is 32.9 Å². The summed E-state index contributed by atoms with van der Waals surface area (Å²) < 4.78 is 28.3. The second-order valence-corrected chi connectivity index (χ2v) is 5.45. The van der Waals surface area contributed by atoms with E-state index in [4.69, 9.17) is 9.88 Å². The lowest BCUT2D eigenvalue weighted by molar-refractivity contribution is 0.326. The van der Waals surface area contributed by atoms with E-state index in [0.717, 1.165) is 0 Å². The third-order valence-corrected chi connectivity index (χ3v) is 3.60. The van der Waals surface area contributed by atoms with Crippen LogP contribution in [0.1, 0.15) is 24.5 Å². The molecule has 0 spiro atoms. The number of benzene rings is 1. The number of ether oxygens (including phenoxy) is 1. The first-order chi connectivity index (χ1) is 8.36. The van der Waals surface area contributed by atoms with Crippen LogP contribution in [0.5, 0.6) is 5.75 Å². The van der Waals surface area contributed by atoms with Crippen LogP contribution < -0.4 is 9.88 Å². The van der Waals surface area contributed by atoms with Gasteiger partial charge in [0.25, 0.3) is 0 Å². The Kier molecular flexibility index (Phi) is 4.76. The molecule has 0 atom stereocenters. The number of nitrogens with two attached hydrogens (primary N) is 1. The van der Waals surface area contributed by atoms with Crippen molar-refractivity contribution in [1.82, 2.24) is 0 Å². The van der Waals surface area contributed by atoms with Crippen LogP contribution in [-0.2, 0) is 10.0 Å². The van der Waals surface area contributed by atoms with E-state index in [2.05, 4.69) is 11.8 Å². The molecule has 18 heavy (non-hydrogen) atoms. The van der Waals surface area contributed by atoms with Crippen molar-refractivity contribution in [3.05, 3.63) is 23.3 Å². The van der Waals surface area contributed by atoms with E-state index in [9.17, 15) is 8.42 Å². The highest BCUT2D eigenvalue weighted by atomic mass is 32.2. The highest BCUT2D eigenvalue weighted by Gasteiger charge is 2.15. The average molecular weight is 267 g/mol. The maximum Gasteiger partial charge on any atom is 0.238 e. The molecule has 0 fully saturated rings. The van der Waals surface area contributed by atoms with Crippen molar-refractivity contribution < 1.29 is 13.2 Å². The summed E-state index contributed by atoms with van der Waals surface area (Å²) in [6.07, 6.45) is 0.644. The lowest BCUT2D eigenvalue weighted by Gasteiger charge is -2.11. The van der Waals surface area contributed by atoms with Crippen LogP contribution in [0.15, 0.2) is 17.0 Å². The van der Waals surface area contributed by atoms with Gasteiger partial charge >= 0.3 is 0 Å². The molecule has 0 amide bonds. The van der Waals surface area contributed by atoms with Crippen molar-refractivity contribution in [3.8, 4) is 17.6 Å².